The number of benzene rings is 2. The predicted octanol–water partition coefficient (Wildman–Crippen LogP) is 6.20. The quantitative estimate of drug-likeness (QED) is 0.450. The van der Waals surface area contributed by atoms with Gasteiger partial charge in [0.25, 0.3) is 5.91 Å². The Balaban J connectivity index is 2.35. The van der Waals surface area contributed by atoms with Crippen molar-refractivity contribution in [2.24, 2.45) is 0 Å². The summed E-state index contributed by atoms with van der Waals surface area (Å²) in [6, 6.07) is 9.23. The molecule has 2 rings (SSSR count). The molecule has 0 atom stereocenters. The highest BCUT2D eigenvalue weighted by Gasteiger charge is 2.30. The van der Waals surface area contributed by atoms with Crippen LogP contribution in [0.1, 0.15) is 61.8 Å². The normalized spacial score (nSPS) is 12.2. The van der Waals surface area contributed by atoms with Crippen molar-refractivity contribution in [3.8, 4) is 11.8 Å². The molecule has 0 radical (unpaired) electrons. The Labute approximate surface area is 173 Å². The minimum absolute atomic E-state index is 0.0300. The lowest BCUT2D eigenvalue weighted by atomic mass is 9.91. The summed E-state index contributed by atoms with van der Waals surface area (Å²) >= 11 is 0. The number of anilines is 1. The third-order valence-corrected chi connectivity index (χ3v) is 4.58. The fourth-order valence-electron chi connectivity index (χ4n) is 2.92. The Kier molecular flexibility index (Phi) is 6.93. The van der Waals surface area contributed by atoms with Crippen LogP contribution in [0.5, 0.6) is 5.75 Å². The molecule has 0 unspecified atom stereocenters. The fraction of sp³-hybridized carbons (Fsp3) is 0.304. The smallest absolute Gasteiger partial charge is 0.416 e. The number of carbonyl (C=O) groups is 1. The van der Waals surface area contributed by atoms with Gasteiger partial charge in [-0.25, -0.2) is 0 Å². The van der Waals surface area contributed by atoms with E-state index in [0.29, 0.717) is 16.7 Å². The van der Waals surface area contributed by atoms with Gasteiger partial charge < -0.3 is 10.4 Å². The molecule has 30 heavy (non-hydrogen) atoms. The van der Waals surface area contributed by atoms with Crippen molar-refractivity contribution >= 4 is 17.7 Å². The van der Waals surface area contributed by atoms with Crippen LogP contribution in [0.15, 0.2) is 42.0 Å². The molecule has 0 aliphatic heterocycles. The molecule has 1 amide bonds. The number of nitrogens with zero attached hydrogens (tertiary/aromatic N) is 1. The SMILES string of the molecule is CC(C)c1cc(C=C(C#N)C(=O)Nc2ccc(C(F)(F)F)cc2)cc(C(C)C)c1O. The molecular formula is C23H23F3N2O2. The highest BCUT2D eigenvalue weighted by atomic mass is 19.4. The van der Waals surface area contributed by atoms with Gasteiger partial charge in [0.15, 0.2) is 0 Å². The summed E-state index contributed by atoms with van der Waals surface area (Å²) in [5, 5.41) is 22.3. The number of nitrogens with one attached hydrogen (secondary N) is 1. The first-order chi connectivity index (χ1) is 13.9. The zero-order valence-corrected chi connectivity index (χ0v) is 17.1. The second-order valence-corrected chi connectivity index (χ2v) is 7.56. The van der Waals surface area contributed by atoms with Crippen molar-refractivity contribution in [2.75, 3.05) is 5.32 Å². The Morgan fingerprint density at radius 1 is 1.07 bits per heavy atom. The van der Waals surface area contributed by atoms with E-state index in [1.165, 1.54) is 6.08 Å². The minimum Gasteiger partial charge on any atom is -0.507 e. The molecule has 0 saturated carbocycles. The Hall–Kier alpha value is -3.27. The van der Waals surface area contributed by atoms with Gasteiger partial charge in [-0.1, -0.05) is 27.7 Å². The number of phenols is 1. The standard InChI is InChI=1S/C23H23F3N2O2/c1-13(2)19-10-15(11-20(14(3)4)21(19)29)9-16(12-27)22(30)28-18-7-5-17(6-8-18)23(24,25)26/h5-11,13-14,29H,1-4H3,(H,28,30). The van der Waals surface area contributed by atoms with Crippen LogP contribution in [0.2, 0.25) is 0 Å². The predicted molar refractivity (Wildman–Crippen MR) is 110 cm³/mol. The van der Waals surface area contributed by atoms with Crippen LogP contribution in [-0.2, 0) is 11.0 Å². The number of nitriles is 1. The van der Waals surface area contributed by atoms with Gasteiger partial charge in [0.2, 0.25) is 0 Å². The fourth-order valence-corrected chi connectivity index (χ4v) is 2.92. The number of hydrogen-bond acceptors (Lipinski definition) is 3. The summed E-state index contributed by atoms with van der Waals surface area (Å²) in [4.78, 5) is 12.5. The lowest BCUT2D eigenvalue weighted by Gasteiger charge is -2.16. The van der Waals surface area contributed by atoms with Crippen LogP contribution in [-0.4, -0.2) is 11.0 Å². The van der Waals surface area contributed by atoms with E-state index < -0.39 is 17.6 Å². The monoisotopic (exact) mass is 416 g/mol. The molecule has 4 nitrogen and oxygen atoms in total. The van der Waals surface area contributed by atoms with Crippen LogP contribution >= 0.6 is 0 Å². The van der Waals surface area contributed by atoms with Crippen LogP contribution in [0.25, 0.3) is 6.08 Å². The summed E-state index contributed by atoms with van der Waals surface area (Å²) in [6.07, 6.45) is -3.07. The maximum Gasteiger partial charge on any atom is 0.416 e. The van der Waals surface area contributed by atoms with E-state index in [1.807, 2.05) is 33.8 Å². The Bertz CT molecular complexity index is 970. The molecule has 0 heterocycles. The highest BCUT2D eigenvalue weighted by Crippen LogP contribution is 2.35. The molecule has 2 aromatic rings. The van der Waals surface area contributed by atoms with Crippen molar-refractivity contribution < 1.29 is 23.1 Å². The van der Waals surface area contributed by atoms with E-state index in [4.69, 9.17) is 0 Å². The van der Waals surface area contributed by atoms with Crippen LogP contribution in [0, 0.1) is 11.3 Å². The number of phenolic OH excluding ortho intramolecular Hbond substituents is 1. The number of alkyl halides is 3. The number of aromatic hydroxyl groups is 1. The first-order valence-corrected chi connectivity index (χ1v) is 9.41. The molecular weight excluding hydrogens is 393 g/mol. The third kappa shape index (κ3) is 5.41. The van der Waals surface area contributed by atoms with Crippen LogP contribution in [0.4, 0.5) is 18.9 Å². The lowest BCUT2D eigenvalue weighted by molar-refractivity contribution is -0.137. The third-order valence-electron chi connectivity index (χ3n) is 4.58. The maximum atomic E-state index is 12.7. The molecule has 2 N–H and O–H groups in total. The summed E-state index contributed by atoms with van der Waals surface area (Å²) in [5.74, 6) is -0.475. The van der Waals surface area contributed by atoms with Gasteiger partial charge in [-0.3, -0.25) is 4.79 Å². The number of carbonyl (C=O) groups excluding carboxylic acids is 1. The summed E-state index contributed by atoms with van der Waals surface area (Å²) < 4.78 is 38.0. The van der Waals surface area contributed by atoms with Gasteiger partial charge >= 0.3 is 6.18 Å². The summed E-state index contributed by atoms with van der Waals surface area (Å²) in [7, 11) is 0. The number of halogens is 3. The van der Waals surface area contributed by atoms with Crippen LogP contribution in [0.3, 0.4) is 0 Å². The number of amides is 1. The van der Waals surface area contributed by atoms with Crippen molar-refractivity contribution in [1.82, 2.24) is 0 Å². The van der Waals surface area contributed by atoms with E-state index in [2.05, 4.69) is 5.32 Å². The molecule has 0 aliphatic rings. The zero-order valence-electron chi connectivity index (χ0n) is 17.1. The molecule has 2 aromatic carbocycles. The molecule has 7 heteroatoms. The molecule has 0 aliphatic carbocycles. The molecule has 0 spiro atoms. The van der Waals surface area contributed by atoms with Gasteiger partial charge in [-0.05, 0) is 71.0 Å². The van der Waals surface area contributed by atoms with Crippen molar-refractivity contribution in [1.29, 1.82) is 5.26 Å². The topological polar surface area (TPSA) is 73.1 Å². The second-order valence-electron chi connectivity index (χ2n) is 7.56. The summed E-state index contributed by atoms with van der Waals surface area (Å²) in [6.45, 7) is 7.70. The summed E-state index contributed by atoms with van der Waals surface area (Å²) in [5.41, 5.74) is 1.10. The molecule has 0 bridgehead atoms. The molecule has 0 fully saturated rings. The van der Waals surface area contributed by atoms with Crippen molar-refractivity contribution in [3.63, 3.8) is 0 Å². The highest BCUT2D eigenvalue weighted by molar-refractivity contribution is 6.09. The first-order valence-electron chi connectivity index (χ1n) is 9.41. The van der Waals surface area contributed by atoms with E-state index >= 15 is 0 Å². The zero-order chi connectivity index (χ0) is 22.6. The average molecular weight is 416 g/mol. The molecule has 0 saturated heterocycles. The van der Waals surface area contributed by atoms with E-state index in [1.54, 1.807) is 12.1 Å². The van der Waals surface area contributed by atoms with Gasteiger partial charge in [0, 0.05) is 5.69 Å². The molecule has 0 aromatic heterocycles. The van der Waals surface area contributed by atoms with Gasteiger partial charge in [-0.15, -0.1) is 0 Å². The van der Waals surface area contributed by atoms with Crippen LogP contribution < -0.4 is 5.32 Å². The number of hydrogen-bond donors (Lipinski definition) is 2. The first kappa shape index (κ1) is 23.0. The Morgan fingerprint density at radius 3 is 1.97 bits per heavy atom. The van der Waals surface area contributed by atoms with E-state index in [-0.39, 0.29) is 28.8 Å². The van der Waals surface area contributed by atoms with Gasteiger partial charge in [0.05, 0.1) is 5.56 Å². The van der Waals surface area contributed by atoms with E-state index in [9.17, 15) is 28.3 Å². The minimum atomic E-state index is -4.47. The second kappa shape index (κ2) is 9.04. The maximum absolute atomic E-state index is 12.7. The van der Waals surface area contributed by atoms with E-state index in [0.717, 1.165) is 24.3 Å². The van der Waals surface area contributed by atoms with Crippen molar-refractivity contribution in [3.05, 3.63) is 64.2 Å². The molecule has 158 valence electrons. The van der Waals surface area contributed by atoms with Gasteiger partial charge in [0.1, 0.15) is 17.4 Å². The van der Waals surface area contributed by atoms with Crippen molar-refractivity contribution in [2.45, 2.75) is 45.7 Å². The largest absolute Gasteiger partial charge is 0.507 e. The van der Waals surface area contributed by atoms with Gasteiger partial charge in [-0.2, -0.15) is 18.4 Å². The lowest BCUT2D eigenvalue weighted by Crippen LogP contribution is -2.14. The average Bonchev–Trinajstić information content (AvgIpc) is 2.66. The Morgan fingerprint density at radius 2 is 1.57 bits per heavy atom. The number of rotatable bonds is 5.